The number of ether oxygens (including phenoxy) is 2. The van der Waals surface area contributed by atoms with Crippen LogP contribution in [0.25, 0.3) is 0 Å². The average molecular weight is 283 g/mol. The van der Waals surface area contributed by atoms with Gasteiger partial charge < -0.3 is 19.8 Å². The number of aromatic amines is 1. The molecule has 0 saturated carbocycles. The second-order valence-electron chi connectivity index (χ2n) is 4.01. The van der Waals surface area contributed by atoms with Crippen LogP contribution < -0.4 is 14.8 Å². The second kappa shape index (κ2) is 6.85. The van der Waals surface area contributed by atoms with Gasteiger partial charge in [-0.1, -0.05) is 12.1 Å². The number of benzene rings is 1. The molecule has 0 amide bonds. The van der Waals surface area contributed by atoms with Crippen LogP contribution in [0.15, 0.2) is 30.7 Å². The smallest absolute Gasteiger partial charge is 0.387 e. The van der Waals surface area contributed by atoms with Crippen LogP contribution in [0.3, 0.4) is 0 Å². The number of hydrogen-bond donors (Lipinski definition) is 2. The van der Waals surface area contributed by atoms with Crippen LogP contribution in [0.5, 0.6) is 11.5 Å². The number of rotatable bonds is 7. The van der Waals surface area contributed by atoms with Crippen molar-refractivity contribution in [3.8, 4) is 11.5 Å². The van der Waals surface area contributed by atoms with Crippen LogP contribution in [0.4, 0.5) is 8.78 Å². The van der Waals surface area contributed by atoms with Crippen LogP contribution in [0, 0.1) is 0 Å². The third kappa shape index (κ3) is 3.67. The average Bonchev–Trinajstić information content (AvgIpc) is 2.93. The minimum absolute atomic E-state index is 0.0575. The number of alkyl halides is 2. The molecular formula is C13H15F2N3O2. The number of methoxy groups -OCH3 is 1. The lowest BCUT2D eigenvalue weighted by Crippen LogP contribution is -2.15. The molecule has 0 unspecified atom stereocenters. The van der Waals surface area contributed by atoms with Gasteiger partial charge in [-0.25, -0.2) is 4.98 Å². The van der Waals surface area contributed by atoms with E-state index < -0.39 is 6.61 Å². The summed E-state index contributed by atoms with van der Waals surface area (Å²) < 4.78 is 34.5. The third-order valence-corrected chi connectivity index (χ3v) is 2.67. The SMILES string of the molecule is COc1cccc(CNCc2cnc[nH]2)c1OC(F)F. The Balaban J connectivity index is 2.05. The van der Waals surface area contributed by atoms with E-state index in [-0.39, 0.29) is 11.5 Å². The summed E-state index contributed by atoms with van der Waals surface area (Å²) in [5.74, 6) is 0.341. The normalized spacial score (nSPS) is 10.8. The van der Waals surface area contributed by atoms with Gasteiger partial charge in [0.1, 0.15) is 0 Å². The summed E-state index contributed by atoms with van der Waals surface area (Å²) in [5, 5.41) is 3.12. The van der Waals surface area contributed by atoms with Crippen LogP contribution in [-0.2, 0) is 13.1 Å². The molecule has 5 nitrogen and oxygen atoms in total. The van der Waals surface area contributed by atoms with Crippen molar-refractivity contribution in [1.82, 2.24) is 15.3 Å². The van der Waals surface area contributed by atoms with Gasteiger partial charge in [0, 0.05) is 30.5 Å². The maximum atomic E-state index is 12.5. The zero-order valence-electron chi connectivity index (χ0n) is 10.9. The Hall–Kier alpha value is -2.15. The van der Waals surface area contributed by atoms with Crippen molar-refractivity contribution in [1.29, 1.82) is 0 Å². The Kier molecular flexibility index (Phi) is 4.89. The van der Waals surface area contributed by atoms with Crippen molar-refractivity contribution < 1.29 is 18.3 Å². The van der Waals surface area contributed by atoms with Gasteiger partial charge in [0.15, 0.2) is 11.5 Å². The first-order valence-electron chi connectivity index (χ1n) is 5.99. The highest BCUT2D eigenvalue weighted by Gasteiger charge is 2.14. The second-order valence-corrected chi connectivity index (χ2v) is 4.01. The first-order chi connectivity index (χ1) is 9.70. The summed E-state index contributed by atoms with van der Waals surface area (Å²) in [6.45, 7) is -1.97. The van der Waals surface area contributed by atoms with E-state index in [1.54, 1.807) is 30.7 Å². The van der Waals surface area contributed by atoms with Crippen molar-refractivity contribution in [3.63, 3.8) is 0 Å². The van der Waals surface area contributed by atoms with Crippen LogP contribution >= 0.6 is 0 Å². The number of hydrogen-bond acceptors (Lipinski definition) is 4. The Morgan fingerprint density at radius 3 is 2.85 bits per heavy atom. The quantitative estimate of drug-likeness (QED) is 0.818. The van der Waals surface area contributed by atoms with E-state index in [1.807, 2.05) is 0 Å². The molecule has 1 aromatic heterocycles. The highest BCUT2D eigenvalue weighted by Crippen LogP contribution is 2.32. The Bertz CT molecular complexity index is 532. The summed E-state index contributed by atoms with van der Waals surface area (Å²) in [7, 11) is 1.41. The van der Waals surface area contributed by atoms with Crippen LogP contribution in [0.1, 0.15) is 11.3 Å². The number of imidazole rings is 1. The molecule has 0 saturated heterocycles. The number of aromatic nitrogens is 2. The number of halogens is 2. The summed E-state index contributed by atoms with van der Waals surface area (Å²) in [5.41, 5.74) is 1.51. The standard InChI is InChI=1S/C13H15F2N3O2/c1-19-11-4-2-3-9(12(11)20-13(14)15)5-16-6-10-7-17-8-18-10/h2-4,7-8,13,16H,5-6H2,1H3,(H,17,18). The fourth-order valence-electron chi connectivity index (χ4n) is 1.80. The fourth-order valence-corrected chi connectivity index (χ4v) is 1.80. The molecule has 0 bridgehead atoms. The highest BCUT2D eigenvalue weighted by atomic mass is 19.3. The van der Waals surface area contributed by atoms with Crippen molar-refractivity contribution in [2.75, 3.05) is 7.11 Å². The molecule has 2 aromatic rings. The maximum absolute atomic E-state index is 12.5. The van der Waals surface area contributed by atoms with E-state index in [1.165, 1.54) is 7.11 Å². The van der Waals surface area contributed by atoms with Crippen molar-refractivity contribution in [3.05, 3.63) is 42.0 Å². The predicted octanol–water partition coefficient (Wildman–Crippen LogP) is 2.31. The molecule has 7 heteroatoms. The zero-order chi connectivity index (χ0) is 14.4. The van der Waals surface area contributed by atoms with E-state index in [2.05, 4.69) is 20.0 Å². The summed E-state index contributed by atoms with van der Waals surface area (Å²) in [4.78, 5) is 6.84. The van der Waals surface area contributed by atoms with Gasteiger partial charge in [-0.2, -0.15) is 8.78 Å². The van der Waals surface area contributed by atoms with E-state index in [9.17, 15) is 8.78 Å². The molecule has 20 heavy (non-hydrogen) atoms. The van der Waals surface area contributed by atoms with E-state index in [0.29, 0.717) is 18.7 Å². The number of nitrogens with one attached hydrogen (secondary N) is 2. The minimum Gasteiger partial charge on any atom is -0.493 e. The molecule has 0 spiro atoms. The molecular weight excluding hydrogens is 268 g/mol. The first kappa shape index (κ1) is 14.3. The zero-order valence-corrected chi connectivity index (χ0v) is 10.9. The largest absolute Gasteiger partial charge is 0.493 e. The molecule has 0 atom stereocenters. The van der Waals surface area contributed by atoms with Gasteiger partial charge in [-0.05, 0) is 6.07 Å². The Labute approximate surface area is 114 Å². The molecule has 0 aliphatic carbocycles. The lowest BCUT2D eigenvalue weighted by molar-refractivity contribution is -0.0518. The molecule has 2 rings (SSSR count). The lowest BCUT2D eigenvalue weighted by atomic mass is 10.2. The van der Waals surface area contributed by atoms with Gasteiger partial charge in [0.05, 0.1) is 13.4 Å². The monoisotopic (exact) mass is 283 g/mol. The Morgan fingerprint density at radius 1 is 1.35 bits per heavy atom. The number of nitrogens with zero attached hydrogens (tertiary/aromatic N) is 1. The van der Waals surface area contributed by atoms with Crippen molar-refractivity contribution in [2.45, 2.75) is 19.7 Å². The Morgan fingerprint density at radius 2 is 2.20 bits per heavy atom. The van der Waals surface area contributed by atoms with Crippen LogP contribution in [0.2, 0.25) is 0 Å². The van der Waals surface area contributed by atoms with Gasteiger partial charge in [-0.3, -0.25) is 0 Å². The van der Waals surface area contributed by atoms with E-state index >= 15 is 0 Å². The molecule has 0 fully saturated rings. The first-order valence-corrected chi connectivity index (χ1v) is 5.99. The summed E-state index contributed by atoms with van der Waals surface area (Å²) >= 11 is 0. The molecule has 2 N–H and O–H groups in total. The molecule has 108 valence electrons. The maximum Gasteiger partial charge on any atom is 0.387 e. The third-order valence-electron chi connectivity index (χ3n) is 2.67. The molecule has 1 aromatic carbocycles. The molecule has 1 heterocycles. The van der Waals surface area contributed by atoms with Gasteiger partial charge >= 0.3 is 6.61 Å². The minimum atomic E-state index is -2.89. The number of para-hydroxylation sites is 1. The van der Waals surface area contributed by atoms with Gasteiger partial charge in [-0.15, -0.1) is 0 Å². The fraction of sp³-hybridized carbons (Fsp3) is 0.308. The highest BCUT2D eigenvalue weighted by molar-refractivity contribution is 5.46. The van der Waals surface area contributed by atoms with E-state index in [4.69, 9.17) is 4.74 Å². The number of H-pyrrole nitrogens is 1. The van der Waals surface area contributed by atoms with Gasteiger partial charge in [0.2, 0.25) is 0 Å². The molecule has 0 aliphatic rings. The van der Waals surface area contributed by atoms with Crippen molar-refractivity contribution >= 4 is 0 Å². The van der Waals surface area contributed by atoms with E-state index in [0.717, 1.165) is 5.69 Å². The van der Waals surface area contributed by atoms with Gasteiger partial charge in [0.25, 0.3) is 0 Å². The van der Waals surface area contributed by atoms with Crippen molar-refractivity contribution in [2.24, 2.45) is 0 Å². The predicted molar refractivity (Wildman–Crippen MR) is 68.8 cm³/mol. The summed E-state index contributed by atoms with van der Waals surface area (Å²) in [6.07, 6.45) is 3.27. The topological polar surface area (TPSA) is 59.2 Å². The lowest BCUT2D eigenvalue weighted by Gasteiger charge is -2.14. The molecule has 0 aliphatic heterocycles. The summed E-state index contributed by atoms with van der Waals surface area (Å²) in [6, 6.07) is 5.01. The molecule has 0 radical (unpaired) electrons. The van der Waals surface area contributed by atoms with Crippen LogP contribution in [-0.4, -0.2) is 23.7 Å².